The molecule has 0 bridgehead atoms. The van der Waals surface area contributed by atoms with Crippen LogP contribution in [0, 0.1) is 11.3 Å². The van der Waals surface area contributed by atoms with Gasteiger partial charge in [-0.15, -0.1) is 0 Å². The van der Waals surface area contributed by atoms with E-state index in [-0.39, 0.29) is 30.0 Å². The predicted molar refractivity (Wildman–Crippen MR) is 80.7 cm³/mol. The number of carboxylic acids is 1. The molecule has 0 radical (unpaired) electrons. The number of amides is 2. The molecule has 0 fully saturated rings. The van der Waals surface area contributed by atoms with Crippen molar-refractivity contribution in [2.45, 2.75) is 72.9 Å². The lowest BCUT2D eigenvalue weighted by Crippen LogP contribution is -2.49. The number of hydrogen-bond donors (Lipinski definition) is 3. The first-order valence-electron chi connectivity index (χ1n) is 7.34. The smallest absolute Gasteiger partial charge is 0.315 e. The lowest BCUT2D eigenvalue weighted by Gasteiger charge is -2.27. The van der Waals surface area contributed by atoms with Gasteiger partial charge in [0.1, 0.15) is 0 Å². The molecule has 3 N–H and O–H groups in total. The summed E-state index contributed by atoms with van der Waals surface area (Å²) in [5, 5.41) is 14.6. The molecule has 5 nitrogen and oxygen atoms in total. The second-order valence-corrected chi connectivity index (χ2v) is 6.94. The fourth-order valence-corrected chi connectivity index (χ4v) is 2.26. The highest BCUT2D eigenvalue weighted by Crippen LogP contribution is 2.22. The molecule has 5 heteroatoms. The maximum Gasteiger partial charge on any atom is 0.315 e. The van der Waals surface area contributed by atoms with Crippen LogP contribution < -0.4 is 10.6 Å². The number of carbonyl (C=O) groups is 2. The molecule has 2 amide bonds. The summed E-state index contributed by atoms with van der Waals surface area (Å²) in [6, 6.07) is -0.520. The molecule has 2 unspecified atom stereocenters. The molecule has 0 spiro atoms. The van der Waals surface area contributed by atoms with Gasteiger partial charge in [-0.2, -0.15) is 0 Å². The number of urea groups is 1. The van der Waals surface area contributed by atoms with Crippen LogP contribution in [0.1, 0.15) is 60.8 Å². The van der Waals surface area contributed by atoms with Crippen molar-refractivity contribution in [2.75, 3.05) is 0 Å². The normalized spacial score (nSPS) is 14.8. The second-order valence-electron chi connectivity index (χ2n) is 6.94. The monoisotopic (exact) mass is 286 g/mol. The van der Waals surface area contributed by atoms with Crippen molar-refractivity contribution < 1.29 is 14.7 Å². The Hall–Kier alpha value is -1.26. The largest absolute Gasteiger partial charge is 0.481 e. The number of carbonyl (C=O) groups excluding carboxylic acids is 1. The van der Waals surface area contributed by atoms with E-state index in [4.69, 9.17) is 5.11 Å². The van der Waals surface area contributed by atoms with Crippen LogP contribution in [-0.4, -0.2) is 29.2 Å². The Balaban J connectivity index is 4.56. The third kappa shape index (κ3) is 8.77. The summed E-state index contributed by atoms with van der Waals surface area (Å²) in [5.74, 6) is -0.540. The number of carboxylic acid groups (broad SMARTS) is 1. The van der Waals surface area contributed by atoms with Gasteiger partial charge in [0.2, 0.25) is 0 Å². The zero-order valence-corrected chi connectivity index (χ0v) is 13.6. The van der Waals surface area contributed by atoms with Crippen LogP contribution in [0.15, 0.2) is 0 Å². The lowest BCUT2D eigenvalue weighted by atomic mass is 9.87. The first-order valence-corrected chi connectivity index (χ1v) is 7.34. The van der Waals surface area contributed by atoms with Crippen LogP contribution in [0.25, 0.3) is 0 Å². The third-order valence-corrected chi connectivity index (χ3v) is 3.18. The van der Waals surface area contributed by atoms with Crippen molar-refractivity contribution in [3.63, 3.8) is 0 Å². The van der Waals surface area contributed by atoms with E-state index in [0.29, 0.717) is 12.3 Å². The zero-order chi connectivity index (χ0) is 15.9. The topological polar surface area (TPSA) is 78.4 Å². The molecule has 0 aliphatic heterocycles. The SMILES string of the molecule is CCC(NC(=O)NC(CC(=O)O)CC(C)(C)C)C(C)C. The van der Waals surface area contributed by atoms with Crippen molar-refractivity contribution in [1.82, 2.24) is 10.6 Å². The molecule has 118 valence electrons. The molecule has 0 aliphatic rings. The van der Waals surface area contributed by atoms with Crippen molar-refractivity contribution in [2.24, 2.45) is 11.3 Å². The molecule has 0 aliphatic carbocycles. The van der Waals surface area contributed by atoms with Crippen molar-refractivity contribution >= 4 is 12.0 Å². The Labute approximate surface area is 122 Å². The summed E-state index contributed by atoms with van der Waals surface area (Å²) >= 11 is 0. The summed E-state index contributed by atoms with van der Waals surface area (Å²) in [5.41, 5.74) is -0.0321. The van der Waals surface area contributed by atoms with Gasteiger partial charge >= 0.3 is 12.0 Å². The minimum Gasteiger partial charge on any atom is -0.481 e. The molecule has 20 heavy (non-hydrogen) atoms. The first kappa shape index (κ1) is 18.7. The average Bonchev–Trinajstić information content (AvgIpc) is 2.21. The minimum absolute atomic E-state index is 0.0321. The number of hydrogen-bond acceptors (Lipinski definition) is 2. The minimum atomic E-state index is -0.893. The summed E-state index contributed by atoms with van der Waals surface area (Å²) in [6.07, 6.45) is 1.43. The quantitative estimate of drug-likeness (QED) is 0.673. The summed E-state index contributed by atoms with van der Waals surface area (Å²) in [4.78, 5) is 22.9. The Morgan fingerprint density at radius 1 is 1.15 bits per heavy atom. The summed E-state index contributed by atoms with van der Waals surface area (Å²) in [7, 11) is 0. The van der Waals surface area contributed by atoms with Crippen LogP contribution in [0.4, 0.5) is 4.79 Å². The highest BCUT2D eigenvalue weighted by atomic mass is 16.4. The Bertz CT molecular complexity index is 322. The highest BCUT2D eigenvalue weighted by molar-refractivity contribution is 5.76. The van der Waals surface area contributed by atoms with E-state index in [1.165, 1.54) is 0 Å². The van der Waals surface area contributed by atoms with Gasteiger partial charge in [0, 0.05) is 12.1 Å². The van der Waals surface area contributed by atoms with Gasteiger partial charge in [-0.1, -0.05) is 41.5 Å². The summed E-state index contributed by atoms with van der Waals surface area (Å²) in [6.45, 7) is 12.2. The van der Waals surface area contributed by atoms with E-state index in [2.05, 4.69) is 24.5 Å². The van der Waals surface area contributed by atoms with Gasteiger partial charge < -0.3 is 15.7 Å². The van der Waals surface area contributed by atoms with Gasteiger partial charge in [-0.05, 0) is 24.2 Å². The fraction of sp³-hybridized carbons (Fsp3) is 0.867. The van der Waals surface area contributed by atoms with Gasteiger partial charge in [0.25, 0.3) is 0 Å². The van der Waals surface area contributed by atoms with Gasteiger partial charge in [-0.25, -0.2) is 4.79 Å². The average molecular weight is 286 g/mol. The number of aliphatic carboxylic acids is 1. The molecule has 0 saturated heterocycles. The molecule has 0 aromatic heterocycles. The maximum atomic E-state index is 12.0. The Kier molecular flexibility index (Phi) is 7.61. The van der Waals surface area contributed by atoms with E-state index in [1.807, 2.05) is 27.7 Å². The summed E-state index contributed by atoms with van der Waals surface area (Å²) < 4.78 is 0. The van der Waals surface area contributed by atoms with Gasteiger partial charge in [0.15, 0.2) is 0 Å². The molecular weight excluding hydrogens is 256 g/mol. The molecule has 0 aromatic rings. The Morgan fingerprint density at radius 2 is 1.70 bits per heavy atom. The first-order chi connectivity index (χ1) is 9.05. The van der Waals surface area contributed by atoms with E-state index < -0.39 is 5.97 Å². The third-order valence-electron chi connectivity index (χ3n) is 3.18. The van der Waals surface area contributed by atoms with Gasteiger partial charge in [0.05, 0.1) is 6.42 Å². The highest BCUT2D eigenvalue weighted by Gasteiger charge is 2.23. The van der Waals surface area contributed by atoms with E-state index in [9.17, 15) is 9.59 Å². The molecule has 0 saturated carbocycles. The van der Waals surface area contributed by atoms with Crippen LogP contribution >= 0.6 is 0 Å². The molecule has 0 heterocycles. The molecule has 2 atom stereocenters. The predicted octanol–water partition coefficient (Wildman–Crippen LogP) is 3.00. The second kappa shape index (κ2) is 8.12. The van der Waals surface area contributed by atoms with Crippen molar-refractivity contribution in [3.05, 3.63) is 0 Å². The maximum absolute atomic E-state index is 12.0. The van der Waals surface area contributed by atoms with Crippen molar-refractivity contribution in [3.8, 4) is 0 Å². The number of rotatable bonds is 7. The van der Waals surface area contributed by atoms with Gasteiger partial charge in [-0.3, -0.25) is 4.79 Å². The molecule has 0 rings (SSSR count). The fourth-order valence-electron chi connectivity index (χ4n) is 2.26. The zero-order valence-electron chi connectivity index (χ0n) is 13.6. The van der Waals surface area contributed by atoms with E-state index in [0.717, 1.165) is 6.42 Å². The lowest BCUT2D eigenvalue weighted by molar-refractivity contribution is -0.137. The van der Waals surface area contributed by atoms with E-state index in [1.54, 1.807) is 0 Å². The van der Waals surface area contributed by atoms with Crippen molar-refractivity contribution in [1.29, 1.82) is 0 Å². The molecule has 0 aromatic carbocycles. The van der Waals surface area contributed by atoms with Crippen LogP contribution in [0.2, 0.25) is 0 Å². The molecular formula is C15H30N2O3. The van der Waals surface area contributed by atoms with Crippen LogP contribution in [0.3, 0.4) is 0 Å². The van der Waals surface area contributed by atoms with E-state index >= 15 is 0 Å². The van der Waals surface area contributed by atoms with Crippen LogP contribution in [0.5, 0.6) is 0 Å². The number of nitrogens with one attached hydrogen (secondary N) is 2. The van der Waals surface area contributed by atoms with Crippen LogP contribution in [-0.2, 0) is 4.79 Å². The standard InChI is InChI=1S/C15H30N2O3/c1-7-12(10(2)3)17-14(20)16-11(8-13(18)19)9-15(4,5)6/h10-12H,7-9H2,1-6H3,(H,18,19)(H2,16,17,20). The Morgan fingerprint density at radius 3 is 2.05 bits per heavy atom.